The fraction of sp³-hybridized carbons (Fsp3) is 0.714. The molecule has 0 amide bonds. The lowest BCUT2D eigenvalue weighted by Crippen LogP contribution is -2.40. The quantitative estimate of drug-likeness (QED) is 0.629. The highest BCUT2D eigenvalue weighted by atomic mass is 32.2. The first-order valence-corrected chi connectivity index (χ1v) is 8.40. The van der Waals surface area contributed by atoms with Crippen molar-refractivity contribution < 1.29 is 0 Å². The number of rotatable bonds is 5. The average molecular weight is 310 g/mol. The maximum absolute atomic E-state index is 4.41. The Bertz CT molecular complexity index is 476. The van der Waals surface area contributed by atoms with Crippen LogP contribution in [0.1, 0.15) is 18.5 Å². The van der Waals surface area contributed by atoms with E-state index in [1.807, 2.05) is 39.3 Å². The number of guanidine groups is 1. The molecule has 0 saturated carbocycles. The lowest BCUT2D eigenvalue weighted by Gasteiger charge is -2.16. The topological polar surface area (TPSA) is 57.5 Å². The predicted octanol–water partition coefficient (Wildman–Crippen LogP) is 1.05. The molecule has 0 aliphatic carbocycles. The highest BCUT2D eigenvalue weighted by Gasteiger charge is 2.15. The number of aromatic nitrogens is 2. The minimum Gasteiger partial charge on any atom is -0.355 e. The zero-order valence-corrected chi connectivity index (χ0v) is 14.2. The molecule has 0 radical (unpaired) electrons. The summed E-state index contributed by atoms with van der Waals surface area (Å²) < 4.78 is 2.09. The third kappa shape index (κ3) is 4.30. The Labute approximate surface area is 131 Å². The standard InChI is InChI=1S/C14H26N6S/c1-15-13(17-10-12-6-5-7-21-12)16-8-11-9-18-14(19(2)3)20(11)4/h9,12H,5-8,10H2,1-4H3,(H2,15,16,17). The molecule has 2 heterocycles. The van der Waals surface area contributed by atoms with Gasteiger partial charge in [0.1, 0.15) is 0 Å². The minimum atomic E-state index is 0.717. The first kappa shape index (κ1) is 16.0. The van der Waals surface area contributed by atoms with Gasteiger partial charge in [0, 0.05) is 40.0 Å². The van der Waals surface area contributed by atoms with Crippen molar-refractivity contribution >= 4 is 23.7 Å². The number of hydrogen-bond donors (Lipinski definition) is 2. The van der Waals surface area contributed by atoms with E-state index in [0.29, 0.717) is 0 Å². The van der Waals surface area contributed by atoms with E-state index in [-0.39, 0.29) is 0 Å². The summed E-state index contributed by atoms with van der Waals surface area (Å²) in [6, 6.07) is 0. The lowest BCUT2D eigenvalue weighted by atomic mass is 10.2. The first-order chi connectivity index (χ1) is 10.1. The van der Waals surface area contributed by atoms with E-state index in [0.717, 1.165) is 35.9 Å². The maximum Gasteiger partial charge on any atom is 0.204 e. The fourth-order valence-corrected chi connectivity index (χ4v) is 3.63. The van der Waals surface area contributed by atoms with Gasteiger partial charge in [0.2, 0.25) is 5.95 Å². The van der Waals surface area contributed by atoms with Crippen LogP contribution in [-0.4, -0.2) is 54.2 Å². The maximum atomic E-state index is 4.41. The van der Waals surface area contributed by atoms with Gasteiger partial charge >= 0.3 is 0 Å². The molecule has 1 aromatic rings. The van der Waals surface area contributed by atoms with Gasteiger partial charge in [0.25, 0.3) is 0 Å². The van der Waals surface area contributed by atoms with E-state index in [1.54, 1.807) is 0 Å². The number of anilines is 1. The van der Waals surface area contributed by atoms with Crippen LogP contribution >= 0.6 is 11.8 Å². The molecule has 1 aliphatic heterocycles. The van der Waals surface area contributed by atoms with E-state index < -0.39 is 0 Å². The molecule has 1 aromatic heterocycles. The van der Waals surface area contributed by atoms with Crippen LogP contribution in [-0.2, 0) is 13.6 Å². The van der Waals surface area contributed by atoms with Crippen LogP contribution in [0.5, 0.6) is 0 Å². The van der Waals surface area contributed by atoms with E-state index in [9.17, 15) is 0 Å². The van der Waals surface area contributed by atoms with Gasteiger partial charge < -0.3 is 20.1 Å². The second-order valence-corrected chi connectivity index (χ2v) is 6.85. The van der Waals surface area contributed by atoms with Crippen molar-refractivity contribution in [3.63, 3.8) is 0 Å². The van der Waals surface area contributed by atoms with Crippen LogP contribution in [0, 0.1) is 0 Å². The molecule has 1 fully saturated rings. The van der Waals surface area contributed by atoms with E-state index >= 15 is 0 Å². The van der Waals surface area contributed by atoms with Gasteiger partial charge in [0.15, 0.2) is 5.96 Å². The van der Waals surface area contributed by atoms with Crippen LogP contribution in [0.15, 0.2) is 11.2 Å². The van der Waals surface area contributed by atoms with Gasteiger partial charge in [-0.25, -0.2) is 4.98 Å². The summed E-state index contributed by atoms with van der Waals surface area (Å²) in [5.41, 5.74) is 1.14. The second-order valence-electron chi connectivity index (χ2n) is 5.44. The molecule has 2 N–H and O–H groups in total. The number of imidazole rings is 1. The molecule has 0 spiro atoms. The molecule has 1 atom stereocenters. The van der Waals surface area contributed by atoms with Crippen molar-refractivity contribution in [2.24, 2.45) is 12.0 Å². The molecule has 1 unspecified atom stereocenters. The summed E-state index contributed by atoms with van der Waals surface area (Å²) in [4.78, 5) is 10.7. The number of nitrogens with zero attached hydrogens (tertiary/aromatic N) is 4. The predicted molar refractivity (Wildman–Crippen MR) is 91.2 cm³/mol. The SMILES string of the molecule is CN=C(NCc1cnc(N(C)C)n1C)NCC1CCCS1. The van der Waals surface area contributed by atoms with Gasteiger partial charge in [-0.3, -0.25) is 4.99 Å². The Balaban J connectivity index is 1.82. The zero-order valence-electron chi connectivity index (χ0n) is 13.4. The van der Waals surface area contributed by atoms with Crippen molar-refractivity contribution in [2.45, 2.75) is 24.6 Å². The fourth-order valence-electron chi connectivity index (χ4n) is 2.42. The summed E-state index contributed by atoms with van der Waals surface area (Å²) >= 11 is 2.05. The molecule has 6 nitrogen and oxygen atoms in total. The Morgan fingerprint density at radius 2 is 2.33 bits per heavy atom. The number of hydrogen-bond acceptors (Lipinski definition) is 4. The van der Waals surface area contributed by atoms with Crippen molar-refractivity contribution in [1.82, 2.24) is 20.2 Å². The van der Waals surface area contributed by atoms with Crippen LogP contribution in [0.4, 0.5) is 5.95 Å². The first-order valence-electron chi connectivity index (χ1n) is 7.36. The van der Waals surface area contributed by atoms with Gasteiger partial charge in [-0.05, 0) is 18.6 Å². The number of nitrogens with one attached hydrogen (secondary N) is 2. The molecule has 0 bridgehead atoms. The molecular weight excluding hydrogens is 284 g/mol. The van der Waals surface area contributed by atoms with Crippen LogP contribution in [0.2, 0.25) is 0 Å². The summed E-state index contributed by atoms with van der Waals surface area (Å²) in [5, 5.41) is 7.48. The molecule has 21 heavy (non-hydrogen) atoms. The molecule has 2 rings (SSSR count). The summed E-state index contributed by atoms with van der Waals surface area (Å²) in [7, 11) is 7.84. The lowest BCUT2D eigenvalue weighted by molar-refractivity contribution is 0.712. The van der Waals surface area contributed by atoms with E-state index in [2.05, 4.69) is 36.9 Å². The normalized spacial score (nSPS) is 18.9. The van der Waals surface area contributed by atoms with Crippen molar-refractivity contribution in [3.05, 3.63) is 11.9 Å². The van der Waals surface area contributed by atoms with Crippen molar-refractivity contribution in [2.75, 3.05) is 38.3 Å². The molecule has 118 valence electrons. The van der Waals surface area contributed by atoms with Gasteiger partial charge in [-0.15, -0.1) is 0 Å². The van der Waals surface area contributed by atoms with Gasteiger partial charge in [-0.2, -0.15) is 11.8 Å². The van der Waals surface area contributed by atoms with Crippen LogP contribution in [0.25, 0.3) is 0 Å². The number of thioether (sulfide) groups is 1. The molecular formula is C14H26N6S. The van der Waals surface area contributed by atoms with Crippen LogP contribution < -0.4 is 15.5 Å². The average Bonchev–Trinajstić information content (AvgIpc) is 3.09. The third-order valence-electron chi connectivity index (χ3n) is 3.64. The summed E-state index contributed by atoms with van der Waals surface area (Å²) in [5.74, 6) is 3.10. The highest BCUT2D eigenvalue weighted by Crippen LogP contribution is 2.25. The minimum absolute atomic E-state index is 0.717. The smallest absolute Gasteiger partial charge is 0.204 e. The van der Waals surface area contributed by atoms with Gasteiger partial charge in [0.05, 0.1) is 18.4 Å². The van der Waals surface area contributed by atoms with Gasteiger partial charge in [-0.1, -0.05) is 0 Å². The second kappa shape index (κ2) is 7.59. The van der Waals surface area contributed by atoms with E-state index in [4.69, 9.17) is 0 Å². The number of aliphatic imine (C=N–C) groups is 1. The highest BCUT2D eigenvalue weighted by molar-refractivity contribution is 8.00. The third-order valence-corrected chi connectivity index (χ3v) is 5.04. The Kier molecular flexibility index (Phi) is 5.78. The monoisotopic (exact) mass is 310 g/mol. The zero-order chi connectivity index (χ0) is 15.2. The van der Waals surface area contributed by atoms with Crippen LogP contribution in [0.3, 0.4) is 0 Å². The largest absolute Gasteiger partial charge is 0.355 e. The molecule has 7 heteroatoms. The summed E-state index contributed by atoms with van der Waals surface area (Å²) in [6.45, 7) is 1.70. The van der Waals surface area contributed by atoms with Crippen molar-refractivity contribution in [3.8, 4) is 0 Å². The Morgan fingerprint density at radius 1 is 1.52 bits per heavy atom. The molecule has 1 aliphatic rings. The summed E-state index contributed by atoms with van der Waals surface area (Å²) in [6.07, 6.45) is 4.55. The van der Waals surface area contributed by atoms with Crippen molar-refractivity contribution in [1.29, 1.82) is 0 Å². The Morgan fingerprint density at radius 3 is 2.90 bits per heavy atom. The van der Waals surface area contributed by atoms with E-state index in [1.165, 1.54) is 18.6 Å². The Hall–Kier alpha value is -1.37. The molecule has 0 aromatic carbocycles. The molecule has 1 saturated heterocycles.